The zero-order chi connectivity index (χ0) is 20.8. The Balaban J connectivity index is 1.86. The number of aromatic nitrogens is 4. The molecule has 1 aromatic carbocycles. The third kappa shape index (κ3) is 2.96. The van der Waals surface area contributed by atoms with Gasteiger partial charge >= 0.3 is 0 Å². The monoisotopic (exact) mass is 397 g/mol. The SMILES string of the molecule is Cc1cccc(-c2nn3c(c2-c2ccnc4ccc(C(N)=O)cc24)[C@H](C)CCC3)n1. The van der Waals surface area contributed by atoms with Crippen molar-refractivity contribution in [3.63, 3.8) is 0 Å². The molecule has 6 heteroatoms. The van der Waals surface area contributed by atoms with Gasteiger partial charge in [0.2, 0.25) is 5.91 Å². The van der Waals surface area contributed by atoms with Crippen molar-refractivity contribution in [2.45, 2.75) is 39.2 Å². The van der Waals surface area contributed by atoms with Crippen LogP contribution >= 0.6 is 0 Å². The van der Waals surface area contributed by atoms with Crippen LogP contribution in [0.2, 0.25) is 0 Å². The fourth-order valence-electron chi connectivity index (χ4n) is 4.47. The number of hydrogen-bond acceptors (Lipinski definition) is 4. The summed E-state index contributed by atoms with van der Waals surface area (Å²) in [5.74, 6) is -0.0694. The normalized spacial score (nSPS) is 15.9. The van der Waals surface area contributed by atoms with Crippen LogP contribution in [-0.4, -0.2) is 25.7 Å². The van der Waals surface area contributed by atoms with Crippen LogP contribution < -0.4 is 5.73 Å². The minimum Gasteiger partial charge on any atom is -0.366 e. The van der Waals surface area contributed by atoms with E-state index in [0.29, 0.717) is 11.5 Å². The Morgan fingerprint density at radius 1 is 1.20 bits per heavy atom. The van der Waals surface area contributed by atoms with E-state index < -0.39 is 5.91 Å². The summed E-state index contributed by atoms with van der Waals surface area (Å²) < 4.78 is 2.13. The second kappa shape index (κ2) is 7.06. The highest BCUT2D eigenvalue weighted by atomic mass is 16.1. The number of carbonyl (C=O) groups is 1. The predicted molar refractivity (Wildman–Crippen MR) is 117 cm³/mol. The number of nitrogens with two attached hydrogens (primary N) is 1. The molecule has 6 nitrogen and oxygen atoms in total. The van der Waals surface area contributed by atoms with Crippen LogP contribution in [-0.2, 0) is 6.54 Å². The van der Waals surface area contributed by atoms with Crippen molar-refractivity contribution in [2.75, 3.05) is 0 Å². The quantitative estimate of drug-likeness (QED) is 0.553. The van der Waals surface area contributed by atoms with E-state index in [9.17, 15) is 4.79 Å². The summed E-state index contributed by atoms with van der Waals surface area (Å²) in [5, 5.41) is 5.89. The standard InChI is InChI=1S/C24H23N5O/c1-14-5-4-12-29-23(14)21(22(28-29)20-7-3-6-15(2)27-20)17-10-11-26-19-9-8-16(24(25)30)13-18(17)19/h3,6-11,13-14H,4-5,12H2,1-2H3,(H2,25,30)/t14-/m1/s1. The predicted octanol–water partition coefficient (Wildman–Crippen LogP) is 4.46. The third-order valence-corrected chi connectivity index (χ3v) is 5.89. The number of benzene rings is 1. The van der Waals surface area contributed by atoms with Crippen molar-refractivity contribution in [2.24, 2.45) is 5.73 Å². The van der Waals surface area contributed by atoms with Crippen LogP contribution in [0, 0.1) is 6.92 Å². The molecule has 0 aliphatic carbocycles. The van der Waals surface area contributed by atoms with Gasteiger partial charge in [0.15, 0.2) is 0 Å². The molecule has 0 bridgehead atoms. The summed E-state index contributed by atoms with van der Waals surface area (Å²) in [5.41, 5.74) is 12.8. The maximum absolute atomic E-state index is 11.8. The fraction of sp³-hybridized carbons (Fsp3) is 0.250. The van der Waals surface area contributed by atoms with Crippen molar-refractivity contribution in [1.29, 1.82) is 0 Å². The average Bonchev–Trinajstić information content (AvgIpc) is 3.13. The molecule has 1 atom stereocenters. The van der Waals surface area contributed by atoms with E-state index in [1.165, 1.54) is 5.69 Å². The Morgan fingerprint density at radius 3 is 2.87 bits per heavy atom. The summed E-state index contributed by atoms with van der Waals surface area (Å²) in [6.07, 6.45) is 4.04. The molecule has 4 heterocycles. The van der Waals surface area contributed by atoms with Gasteiger partial charge in [-0.15, -0.1) is 0 Å². The highest BCUT2D eigenvalue weighted by molar-refractivity contribution is 6.03. The molecule has 0 spiro atoms. The van der Waals surface area contributed by atoms with E-state index in [4.69, 9.17) is 15.8 Å². The molecule has 0 fully saturated rings. The zero-order valence-electron chi connectivity index (χ0n) is 17.1. The lowest BCUT2D eigenvalue weighted by atomic mass is 9.89. The maximum Gasteiger partial charge on any atom is 0.248 e. The van der Waals surface area contributed by atoms with Crippen molar-refractivity contribution in [3.8, 4) is 22.5 Å². The smallest absolute Gasteiger partial charge is 0.248 e. The van der Waals surface area contributed by atoms with Gasteiger partial charge in [0.25, 0.3) is 0 Å². The Labute approximate surface area is 174 Å². The average molecular weight is 397 g/mol. The van der Waals surface area contributed by atoms with Crippen molar-refractivity contribution in [3.05, 3.63) is 65.6 Å². The number of hydrogen-bond donors (Lipinski definition) is 1. The molecule has 3 aromatic heterocycles. The number of amides is 1. The maximum atomic E-state index is 11.8. The molecular weight excluding hydrogens is 374 g/mol. The second-order valence-corrected chi connectivity index (χ2v) is 7.99. The van der Waals surface area contributed by atoms with E-state index in [1.807, 2.05) is 49.5 Å². The molecule has 0 saturated carbocycles. The van der Waals surface area contributed by atoms with Gasteiger partial charge in [-0.2, -0.15) is 5.10 Å². The molecule has 30 heavy (non-hydrogen) atoms. The van der Waals surface area contributed by atoms with Gasteiger partial charge in [-0.3, -0.25) is 19.4 Å². The third-order valence-electron chi connectivity index (χ3n) is 5.89. The van der Waals surface area contributed by atoms with Gasteiger partial charge in [0.1, 0.15) is 5.69 Å². The molecule has 5 rings (SSSR count). The summed E-state index contributed by atoms with van der Waals surface area (Å²) >= 11 is 0. The van der Waals surface area contributed by atoms with Crippen LogP contribution in [0.15, 0.2) is 48.7 Å². The van der Waals surface area contributed by atoms with E-state index in [0.717, 1.165) is 58.5 Å². The largest absolute Gasteiger partial charge is 0.366 e. The lowest BCUT2D eigenvalue weighted by molar-refractivity contribution is 0.100. The lowest BCUT2D eigenvalue weighted by Gasteiger charge is -2.22. The topological polar surface area (TPSA) is 86.7 Å². The number of aryl methyl sites for hydroxylation is 2. The van der Waals surface area contributed by atoms with Gasteiger partial charge < -0.3 is 5.73 Å². The molecule has 1 aliphatic rings. The number of rotatable bonds is 3. The minimum absolute atomic E-state index is 0.377. The summed E-state index contributed by atoms with van der Waals surface area (Å²) in [6.45, 7) is 5.14. The van der Waals surface area contributed by atoms with Crippen LogP contribution in [0.5, 0.6) is 0 Å². The highest BCUT2D eigenvalue weighted by Gasteiger charge is 2.28. The van der Waals surface area contributed by atoms with Gasteiger partial charge in [-0.25, -0.2) is 0 Å². The first-order valence-electron chi connectivity index (χ1n) is 10.3. The number of fused-ring (bicyclic) bond motifs is 2. The van der Waals surface area contributed by atoms with Crippen LogP contribution in [0.25, 0.3) is 33.4 Å². The first kappa shape index (κ1) is 18.5. The van der Waals surface area contributed by atoms with Crippen molar-refractivity contribution < 1.29 is 4.79 Å². The highest BCUT2D eigenvalue weighted by Crippen LogP contribution is 2.43. The Bertz CT molecular complexity index is 1290. The van der Waals surface area contributed by atoms with Crippen LogP contribution in [0.3, 0.4) is 0 Å². The number of pyridine rings is 2. The molecule has 4 aromatic rings. The molecule has 1 amide bonds. The Hall–Kier alpha value is -3.54. The van der Waals surface area contributed by atoms with Gasteiger partial charge in [0.05, 0.1) is 11.2 Å². The minimum atomic E-state index is -0.447. The number of nitrogens with zero attached hydrogens (tertiary/aromatic N) is 4. The number of carbonyl (C=O) groups excluding carboxylic acids is 1. The van der Waals surface area contributed by atoms with Gasteiger partial charge in [-0.05, 0) is 67.6 Å². The molecule has 0 unspecified atom stereocenters. The fourth-order valence-corrected chi connectivity index (χ4v) is 4.47. The molecule has 2 N–H and O–H groups in total. The lowest BCUT2D eigenvalue weighted by Crippen LogP contribution is -2.14. The van der Waals surface area contributed by atoms with Crippen molar-refractivity contribution in [1.82, 2.24) is 19.7 Å². The summed E-state index contributed by atoms with van der Waals surface area (Å²) in [6, 6.07) is 13.4. The van der Waals surface area contributed by atoms with E-state index >= 15 is 0 Å². The molecule has 1 aliphatic heterocycles. The molecule has 0 saturated heterocycles. The van der Waals surface area contributed by atoms with Crippen LogP contribution in [0.1, 0.15) is 47.4 Å². The second-order valence-electron chi connectivity index (χ2n) is 7.99. The summed E-state index contributed by atoms with van der Waals surface area (Å²) in [7, 11) is 0. The number of primary amides is 1. The van der Waals surface area contributed by atoms with E-state index in [-0.39, 0.29) is 0 Å². The van der Waals surface area contributed by atoms with E-state index in [1.54, 1.807) is 6.07 Å². The van der Waals surface area contributed by atoms with Crippen molar-refractivity contribution >= 4 is 16.8 Å². The Morgan fingerprint density at radius 2 is 2.07 bits per heavy atom. The molecule has 0 radical (unpaired) electrons. The molecule has 150 valence electrons. The van der Waals surface area contributed by atoms with Crippen LogP contribution in [0.4, 0.5) is 0 Å². The Kier molecular flexibility index (Phi) is 4.35. The summed E-state index contributed by atoms with van der Waals surface area (Å²) in [4.78, 5) is 21.1. The van der Waals surface area contributed by atoms with E-state index in [2.05, 4.69) is 16.6 Å². The first-order chi connectivity index (χ1) is 14.5. The van der Waals surface area contributed by atoms with Gasteiger partial charge in [-0.1, -0.05) is 13.0 Å². The zero-order valence-corrected chi connectivity index (χ0v) is 17.1. The molecular formula is C24H23N5O. The van der Waals surface area contributed by atoms with Gasteiger partial charge in [0, 0.05) is 40.6 Å². The first-order valence-corrected chi connectivity index (χ1v) is 10.3.